The van der Waals surface area contributed by atoms with Crippen LogP contribution in [0.25, 0.3) is 0 Å². The molecule has 0 aliphatic heterocycles. The van der Waals surface area contributed by atoms with Gasteiger partial charge in [0.1, 0.15) is 11.5 Å². The summed E-state index contributed by atoms with van der Waals surface area (Å²) >= 11 is 1.70. The van der Waals surface area contributed by atoms with E-state index in [1.54, 1.807) is 11.8 Å². The molecule has 0 amide bonds. The lowest BCUT2D eigenvalue weighted by atomic mass is 10.2. The molecule has 0 saturated carbocycles. The first-order valence-electron chi connectivity index (χ1n) is 5.17. The highest BCUT2D eigenvalue weighted by Gasteiger charge is 2.08. The minimum Gasteiger partial charge on any atom is -0.493 e. The third kappa shape index (κ3) is 3.06. The van der Waals surface area contributed by atoms with Crippen LogP contribution in [0.5, 0.6) is 11.5 Å². The second-order valence-electron chi connectivity index (χ2n) is 3.11. The smallest absolute Gasteiger partial charge is 0.126 e. The van der Waals surface area contributed by atoms with E-state index in [1.807, 2.05) is 20.8 Å². The third-order valence-electron chi connectivity index (χ3n) is 2.12. The van der Waals surface area contributed by atoms with Crippen LogP contribution >= 0.6 is 11.8 Å². The summed E-state index contributed by atoms with van der Waals surface area (Å²) in [6, 6.07) is 4.12. The molecule has 0 aliphatic rings. The van der Waals surface area contributed by atoms with Crippen molar-refractivity contribution in [2.24, 2.45) is 0 Å². The van der Waals surface area contributed by atoms with Gasteiger partial charge in [-0.2, -0.15) is 0 Å². The lowest BCUT2D eigenvalue weighted by molar-refractivity contribution is 0.317. The quantitative estimate of drug-likeness (QED) is 0.716. The van der Waals surface area contributed by atoms with Gasteiger partial charge in [0.2, 0.25) is 0 Å². The van der Waals surface area contributed by atoms with Gasteiger partial charge in [-0.05, 0) is 39.2 Å². The van der Waals surface area contributed by atoms with E-state index in [9.17, 15) is 0 Å². The maximum atomic E-state index is 5.57. The Hall–Kier alpha value is -0.830. The van der Waals surface area contributed by atoms with E-state index < -0.39 is 0 Å². The van der Waals surface area contributed by atoms with Crippen LogP contribution in [-0.4, -0.2) is 19.5 Å². The molecule has 0 aliphatic carbocycles. The van der Waals surface area contributed by atoms with Crippen molar-refractivity contribution in [1.29, 1.82) is 0 Å². The monoisotopic (exact) mass is 226 g/mol. The summed E-state index contributed by atoms with van der Waals surface area (Å²) in [6.07, 6.45) is 2.05. The zero-order valence-corrected chi connectivity index (χ0v) is 10.6. The van der Waals surface area contributed by atoms with E-state index in [0.29, 0.717) is 13.2 Å². The van der Waals surface area contributed by atoms with Gasteiger partial charge in [-0.15, -0.1) is 11.8 Å². The van der Waals surface area contributed by atoms with Crippen molar-refractivity contribution >= 4 is 11.8 Å². The molecule has 84 valence electrons. The lowest BCUT2D eigenvalue weighted by Gasteiger charge is -2.13. The standard InChI is InChI=1S/C12H18O2S/c1-5-13-11-7-10(15-4)8-12(9(11)3)14-6-2/h7-8H,5-6H2,1-4H3. The van der Waals surface area contributed by atoms with Gasteiger partial charge in [0.25, 0.3) is 0 Å². The fourth-order valence-electron chi connectivity index (χ4n) is 1.37. The molecule has 0 fully saturated rings. The molecule has 0 radical (unpaired) electrons. The molecule has 0 atom stereocenters. The van der Waals surface area contributed by atoms with Crippen LogP contribution in [0.4, 0.5) is 0 Å². The Kier molecular flexibility index (Phi) is 4.82. The van der Waals surface area contributed by atoms with Crippen LogP contribution in [0.15, 0.2) is 17.0 Å². The topological polar surface area (TPSA) is 18.5 Å². The van der Waals surface area contributed by atoms with Crippen molar-refractivity contribution in [2.45, 2.75) is 25.7 Å². The summed E-state index contributed by atoms with van der Waals surface area (Å²) < 4.78 is 11.1. The maximum Gasteiger partial charge on any atom is 0.126 e. The van der Waals surface area contributed by atoms with Crippen LogP contribution in [0.1, 0.15) is 19.4 Å². The molecular weight excluding hydrogens is 208 g/mol. The molecule has 0 spiro atoms. The first kappa shape index (κ1) is 12.2. The summed E-state index contributed by atoms with van der Waals surface area (Å²) in [6.45, 7) is 7.38. The number of thioether (sulfide) groups is 1. The second-order valence-corrected chi connectivity index (χ2v) is 3.99. The van der Waals surface area contributed by atoms with Crippen LogP contribution in [-0.2, 0) is 0 Å². The Bertz CT molecular complexity index is 296. The van der Waals surface area contributed by atoms with Crippen molar-refractivity contribution in [2.75, 3.05) is 19.5 Å². The number of benzene rings is 1. The van der Waals surface area contributed by atoms with E-state index >= 15 is 0 Å². The van der Waals surface area contributed by atoms with Crippen molar-refractivity contribution in [1.82, 2.24) is 0 Å². The Morgan fingerprint density at radius 2 is 1.53 bits per heavy atom. The molecule has 0 unspecified atom stereocenters. The Morgan fingerprint density at radius 1 is 1.07 bits per heavy atom. The summed E-state index contributed by atoms with van der Waals surface area (Å²) in [5.74, 6) is 1.85. The first-order valence-corrected chi connectivity index (χ1v) is 6.39. The highest BCUT2D eigenvalue weighted by Crippen LogP contribution is 2.33. The lowest BCUT2D eigenvalue weighted by Crippen LogP contribution is -1.99. The molecule has 2 nitrogen and oxygen atoms in total. The van der Waals surface area contributed by atoms with Crippen LogP contribution in [0.3, 0.4) is 0 Å². The van der Waals surface area contributed by atoms with Gasteiger partial charge in [-0.25, -0.2) is 0 Å². The van der Waals surface area contributed by atoms with Crippen molar-refractivity contribution in [3.8, 4) is 11.5 Å². The van der Waals surface area contributed by atoms with Crippen molar-refractivity contribution < 1.29 is 9.47 Å². The largest absolute Gasteiger partial charge is 0.493 e. The van der Waals surface area contributed by atoms with Gasteiger partial charge in [0.05, 0.1) is 13.2 Å². The fourth-order valence-corrected chi connectivity index (χ4v) is 1.82. The Labute approximate surface area is 96.0 Å². The van der Waals surface area contributed by atoms with Crippen molar-refractivity contribution in [3.05, 3.63) is 17.7 Å². The van der Waals surface area contributed by atoms with E-state index in [1.165, 1.54) is 4.90 Å². The Balaban J connectivity index is 3.08. The van der Waals surface area contributed by atoms with Gasteiger partial charge >= 0.3 is 0 Å². The second kappa shape index (κ2) is 5.91. The Morgan fingerprint density at radius 3 is 1.87 bits per heavy atom. The molecule has 1 aromatic rings. The van der Waals surface area contributed by atoms with Crippen molar-refractivity contribution in [3.63, 3.8) is 0 Å². The average molecular weight is 226 g/mol. The minimum absolute atomic E-state index is 0.685. The first-order chi connectivity index (χ1) is 7.22. The fraction of sp³-hybridized carbons (Fsp3) is 0.500. The van der Waals surface area contributed by atoms with Crippen LogP contribution in [0.2, 0.25) is 0 Å². The number of ether oxygens (including phenoxy) is 2. The summed E-state index contributed by atoms with van der Waals surface area (Å²) in [4.78, 5) is 1.17. The normalized spacial score (nSPS) is 10.1. The molecule has 1 rings (SSSR count). The highest BCUT2D eigenvalue weighted by atomic mass is 32.2. The van der Waals surface area contributed by atoms with E-state index in [0.717, 1.165) is 17.1 Å². The third-order valence-corrected chi connectivity index (χ3v) is 2.83. The molecule has 3 heteroatoms. The number of rotatable bonds is 5. The molecule has 15 heavy (non-hydrogen) atoms. The van der Waals surface area contributed by atoms with Gasteiger partial charge in [-0.1, -0.05) is 0 Å². The molecule has 0 aromatic heterocycles. The summed E-state index contributed by atoms with van der Waals surface area (Å²) in [5.41, 5.74) is 1.08. The molecule has 0 N–H and O–H groups in total. The molecular formula is C12H18O2S. The number of hydrogen-bond donors (Lipinski definition) is 0. The van der Waals surface area contributed by atoms with Crippen LogP contribution < -0.4 is 9.47 Å². The van der Waals surface area contributed by atoms with E-state index in [4.69, 9.17) is 9.47 Å². The van der Waals surface area contributed by atoms with Gasteiger partial charge in [0, 0.05) is 10.5 Å². The molecule has 0 heterocycles. The zero-order chi connectivity index (χ0) is 11.3. The van der Waals surface area contributed by atoms with E-state index in [-0.39, 0.29) is 0 Å². The number of hydrogen-bond acceptors (Lipinski definition) is 3. The molecule has 0 saturated heterocycles. The zero-order valence-electron chi connectivity index (χ0n) is 9.79. The minimum atomic E-state index is 0.685. The van der Waals surface area contributed by atoms with E-state index in [2.05, 4.69) is 18.4 Å². The predicted molar refractivity (Wildman–Crippen MR) is 65.3 cm³/mol. The average Bonchev–Trinajstić information content (AvgIpc) is 2.24. The summed E-state index contributed by atoms with van der Waals surface area (Å²) in [5, 5.41) is 0. The summed E-state index contributed by atoms with van der Waals surface area (Å²) in [7, 11) is 0. The predicted octanol–water partition coefficient (Wildman–Crippen LogP) is 3.51. The SMILES string of the molecule is CCOc1cc(SC)cc(OCC)c1C. The maximum absolute atomic E-state index is 5.57. The van der Waals surface area contributed by atoms with Gasteiger partial charge < -0.3 is 9.47 Å². The van der Waals surface area contributed by atoms with Crippen LogP contribution in [0, 0.1) is 6.92 Å². The van der Waals surface area contributed by atoms with Gasteiger partial charge in [-0.3, -0.25) is 0 Å². The highest BCUT2D eigenvalue weighted by molar-refractivity contribution is 7.98. The molecule has 1 aromatic carbocycles. The molecule has 0 bridgehead atoms. The van der Waals surface area contributed by atoms with Gasteiger partial charge in [0.15, 0.2) is 0 Å².